The second-order valence-corrected chi connectivity index (χ2v) is 4.59. The SMILES string of the molecule is CC(C#N)CN1CCC(N(C)C)C1C. The van der Waals surface area contributed by atoms with Crippen LogP contribution in [0.5, 0.6) is 0 Å². The van der Waals surface area contributed by atoms with E-state index in [1.807, 2.05) is 6.92 Å². The fraction of sp³-hybridized carbons (Fsp3) is 0.909. The van der Waals surface area contributed by atoms with Crippen molar-refractivity contribution in [3.8, 4) is 6.07 Å². The van der Waals surface area contributed by atoms with Crippen LogP contribution < -0.4 is 0 Å². The molecule has 0 bridgehead atoms. The second-order valence-electron chi connectivity index (χ2n) is 4.59. The largest absolute Gasteiger partial charge is 0.305 e. The highest BCUT2D eigenvalue weighted by Gasteiger charge is 2.32. The van der Waals surface area contributed by atoms with Gasteiger partial charge in [-0.1, -0.05) is 0 Å². The lowest BCUT2D eigenvalue weighted by Crippen LogP contribution is -2.41. The van der Waals surface area contributed by atoms with Gasteiger partial charge in [0.15, 0.2) is 0 Å². The molecule has 1 aliphatic rings. The smallest absolute Gasteiger partial charge is 0.0666 e. The van der Waals surface area contributed by atoms with Crippen molar-refractivity contribution < 1.29 is 0 Å². The summed E-state index contributed by atoms with van der Waals surface area (Å²) in [6.07, 6.45) is 1.23. The first-order valence-corrected chi connectivity index (χ1v) is 5.36. The topological polar surface area (TPSA) is 30.3 Å². The number of nitriles is 1. The summed E-state index contributed by atoms with van der Waals surface area (Å²) in [6, 6.07) is 3.54. The van der Waals surface area contributed by atoms with Gasteiger partial charge in [0.05, 0.1) is 12.0 Å². The Balaban J connectivity index is 2.48. The first-order valence-electron chi connectivity index (χ1n) is 5.36. The van der Waals surface area contributed by atoms with Gasteiger partial charge in [0, 0.05) is 25.2 Å². The second kappa shape index (κ2) is 4.77. The molecule has 0 spiro atoms. The van der Waals surface area contributed by atoms with Crippen molar-refractivity contribution in [2.45, 2.75) is 32.4 Å². The monoisotopic (exact) mass is 195 g/mol. The maximum Gasteiger partial charge on any atom is 0.0666 e. The maximum absolute atomic E-state index is 8.77. The van der Waals surface area contributed by atoms with Gasteiger partial charge in [-0.05, 0) is 34.4 Å². The maximum atomic E-state index is 8.77. The summed E-state index contributed by atoms with van der Waals surface area (Å²) in [4.78, 5) is 4.72. The van der Waals surface area contributed by atoms with Gasteiger partial charge in [-0.3, -0.25) is 4.90 Å². The number of hydrogen-bond acceptors (Lipinski definition) is 3. The number of hydrogen-bond donors (Lipinski definition) is 0. The van der Waals surface area contributed by atoms with Crippen LogP contribution in [0.2, 0.25) is 0 Å². The van der Waals surface area contributed by atoms with Crippen LogP contribution in [0.1, 0.15) is 20.3 Å². The van der Waals surface area contributed by atoms with Crippen molar-refractivity contribution in [3.05, 3.63) is 0 Å². The van der Waals surface area contributed by atoms with E-state index in [2.05, 4.69) is 36.9 Å². The van der Waals surface area contributed by atoms with Crippen molar-refractivity contribution in [2.75, 3.05) is 27.2 Å². The molecule has 0 radical (unpaired) electrons. The van der Waals surface area contributed by atoms with E-state index in [-0.39, 0.29) is 5.92 Å². The number of likely N-dealkylation sites (N-methyl/N-ethyl adjacent to an activating group) is 1. The molecule has 3 nitrogen and oxygen atoms in total. The Morgan fingerprint density at radius 2 is 2.21 bits per heavy atom. The minimum atomic E-state index is 0.151. The molecule has 3 heteroatoms. The van der Waals surface area contributed by atoms with Crippen LogP contribution in [-0.2, 0) is 0 Å². The number of rotatable bonds is 3. The third-order valence-corrected chi connectivity index (χ3v) is 3.24. The average Bonchev–Trinajstić information content (AvgIpc) is 2.48. The van der Waals surface area contributed by atoms with Gasteiger partial charge in [-0.2, -0.15) is 5.26 Å². The fourth-order valence-electron chi connectivity index (χ4n) is 2.33. The van der Waals surface area contributed by atoms with Gasteiger partial charge in [0.25, 0.3) is 0 Å². The molecule has 0 saturated carbocycles. The lowest BCUT2D eigenvalue weighted by atomic mass is 10.1. The molecule has 0 aliphatic carbocycles. The van der Waals surface area contributed by atoms with Crippen molar-refractivity contribution in [2.24, 2.45) is 5.92 Å². The summed E-state index contributed by atoms with van der Waals surface area (Å²) in [6.45, 7) is 6.31. The molecule has 0 aromatic carbocycles. The highest BCUT2D eigenvalue weighted by molar-refractivity contribution is 4.92. The summed E-state index contributed by atoms with van der Waals surface area (Å²) in [5.41, 5.74) is 0. The van der Waals surface area contributed by atoms with Gasteiger partial charge in [-0.15, -0.1) is 0 Å². The van der Waals surface area contributed by atoms with Gasteiger partial charge < -0.3 is 4.90 Å². The van der Waals surface area contributed by atoms with Crippen molar-refractivity contribution >= 4 is 0 Å². The summed E-state index contributed by atoms with van der Waals surface area (Å²) in [5.74, 6) is 0.151. The summed E-state index contributed by atoms with van der Waals surface area (Å²) in [5, 5.41) is 8.77. The molecular formula is C11H21N3. The Hall–Kier alpha value is -0.590. The Morgan fingerprint density at radius 3 is 2.64 bits per heavy atom. The van der Waals surface area contributed by atoms with Gasteiger partial charge >= 0.3 is 0 Å². The van der Waals surface area contributed by atoms with Crippen LogP contribution >= 0.6 is 0 Å². The molecule has 3 unspecified atom stereocenters. The van der Waals surface area contributed by atoms with E-state index in [1.165, 1.54) is 6.42 Å². The van der Waals surface area contributed by atoms with Gasteiger partial charge in [0.1, 0.15) is 0 Å². The Morgan fingerprint density at radius 1 is 1.57 bits per heavy atom. The van der Waals surface area contributed by atoms with E-state index in [9.17, 15) is 0 Å². The fourth-order valence-corrected chi connectivity index (χ4v) is 2.33. The zero-order valence-electron chi connectivity index (χ0n) is 9.70. The van der Waals surface area contributed by atoms with E-state index < -0.39 is 0 Å². The molecule has 0 aromatic rings. The Bertz CT molecular complexity index is 219. The normalized spacial score (nSPS) is 30.6. The standard InChI is InChI=1S/C11H21N3/c1-9(7-12)8-14-6-5-11(10(14)2)13(3)4/h9-11H,5-6,8H2,1-4H3. The Labute approximate surface area is 87.3 Å². The molecule has 14 heavy (non-hydrogen) atoms. The lowest BCUT2D eigenvalue weighted by Gasteiger charge is -2.28. The van der Waals surface area contributed by atoms with E-state index in [0.717, 1.165) is 13.1 Å². The van der Waals surface area contributed by atoms with Gasteiger partial charge in [0.2, 0.25) is 0 Å². The van der Waals surface area contributed by atoms with Crippen molar-refractivity contribution in [1.29, 1.82) is 5.26 Å². The van der Waals surface area contributed by atoms with E-state index in [1.54, 1.807) is 0 Å². The van der Waals surface area contributed by atoms with Crippen molar-refractivity contribution in [1.82, 2.24) is 9.80 Å². The van der Waals surface area contributed by atoms with E-state index in [4.69, 9.17) is 5.26 Å². The molecule has 1 saturated heterocycles. The molecule has 0 N–H and O–H groups in total. The third-order valence-electron chi connectivity index (χ3n) is 3.24. The molecule has 3 atom stereocenters. The zero-order valence-corrected chi connectivity index (χ0v) is 9.70. The minimum absolute atomic E-state index is 0.151. The van der Waals surface area contributed by atoms with E-state index >= 15 is 0 Å². The summed E-state index contributed by atoms with van der Waals surface area (Å²) in [7, 11) is 4.27. The quantitative estimate of drug-likeness (QED) is 0.677. The number of nitrogens with zero attached hydrogens (tertiary/aromatic N) is 3. The van der Waals surface area contributed by atoms with Crippen LogP contribution in [0, 0.1) is 17.2 Å². The molecule has 0 amide bonds. The Kier molecular flexibility index (Phi) is 3.91. The molecule has 1 aliphatic heterocycles. The summed E-state index contributed by atoms with van der Waals surface area (Å²) >= 11 is 0. The first-order chi connectivity index (χ1) is 6.56. The van der Waals surface area contributed by atoms with Gasteiger partial charge in [-0.25, -0.2) is 0 Å². The third kappa shape index (κ3) is 2.46. The van der Waals surface area contributed by atoms with Crippen LogP contribution in [0.4, 0.5) is 0 Å². The molecule has 0 aromatic heterocycles. The van der Waals surface area contributed by atoms with Crippen LogP contribution in [0.15, 0.2) is 0 Å². The minimum Gasteiger partial charge on any atom is -0.305 e. The lowest BCUT2D eigenvalue weighted by molar-refractivity contribution is 0.190. The predicted molar refractivity (Wildman–Crippen MR) is 57.9 cm³/mol. The predicted octanol–water partition coefficient (Wildman–Crippen LogP) is 1.17. The van der Waals surface area contributed by atoms with Crippen LogP contribution in [0.25, 0.3) is 0 Å². The number of likely N-dealkylation sites (tertiary alicyclic amines) is 1. The van der Waals surface area contributed by atoms with Crippen LogP contribution in [-0.4, -0.2) is 49.1 Å². The molecular weight excluding hydrogens is 174 g/mol. The highest BCUT2D eigenvalue weighted by atomic mass is 15.3. The zero-order chi connectivity index (χ0) is 10.7. The average molecular weight is 195 g/mol. The molecule has 1 rings (SSSR count). The van der Waals surface area contributed by atoms with Crippen LogP contribution in [0.3, 0.4) is 0 Å². The molecule has 80 valence electrons. The van der Waals surface area contributed by atoms with E-state index in [0.29, 0.717) is 12.1 Å². The summed E-state index contributed by atoms with van der Waals surface area (Å²) < 4.78 is 0. The molecule has 1 fully saturated rings. The first kappa shape index (κ1) is 11.5. The van der Waals surface area contributed by atoms with Crippen molar-refractivity contribution in [3.63, 3.8) is 0 Å². The molecule has 1 heterocycles. The highest BCUT2D eigenvalue weighted by Crippen LogP contribution is 2.21.